The molecule has 0 aliphatic heterocycles. The van der Waals surface area contributed by atoms with Crippen LogP contribution in [0.15, 0.2) is 30.5 Å². The van der Waals surface area contributed by atoms with Crippen LogP contribution in [0.4, 0.5) is 0 Å². The van der Waals surface area contributed by atoms with E-state index in [1.54, 1.807) is 12.3 Å². The molecule has 0 N–H and O–H groups in total. The Labute approximate surface area is 117 Å². The van der Waals surface area contributed by atoms with Gasteiger partial charge in [0.15, 0.2) is 0 Å². The van der Waals surface area contributed by atoms with E-state index in [9.17, 15) is 0 Å². The fourth-order valence-corrected chi connectivity index (χ4v) is 2.00. The van der Waals surface area contributed by atoms with E-state index in [4.69, 9.17) is 27.9 Å². The Hall–Kier alpha value is -1.25. The minimum absolute atomic E-state index is 0.385. The number of halogens is 2. The third-order valence-corrected chi connectivity index (χ3v) is 3.13. The molecule has 0 atom stereocenters. The van der Waals surface area contributed by atoms with Crippen molar-refractivity contribution in [2.24, 2.45) is 0 Å². The first-order valence-electron chi connectivity index (χ1n) is 5.55. The third kappa shape index (κ3) is 2.95. The van der Waals surface area contributed by atoms with Gasteiger partial charge >= 0.3 is 0 Å². The van der Waals surface area contributed by atoms with E-state index in [-0.39, 0.29) is 0 Å². The highest BCUT2D eigenvalue weighted by Crippen LogP contribution is 2.30. The summed E-state index contributed by atoms with van der Waals surface area (Å²) in [6.07, 6.45) is 1.66. The van der Waals surface area contributed by atoms with Crippen LogP contribution < -0.4 is 4.74 Å². The summed E-state index contributed by atoms with van der Waals surface area (Å²) in [6, 6.07) is 7.72. The maximum atomic E-state index is 6.10. The number of aryl methyl sites for hydroxylation is 2. The van der Waals surface area contributed by atoms with Gasteiger partial charge in [-0.15, -0.1) is 11.6 Å². The molecule has 1 aromatic heterocycles. The van der Waals surface area contributed by atoms with Gasteiger partial charge in [0, 0.05) is 12.1 Å². The summed E-state index contributed by atoms with van der Waals surface area (Å²) in [5.41, 5.74) is 3.11. The van der Waals surface area contributed by atoms with E-state index >= 15 is 0 Å². The average Bonchev–Trinajstić information content (AvgIpc) is 2.34. The van der Waals surface area contributed by atoms with Gasteiger partial charge in [-0.05, 0) is 37.1 Å². The molecule has 0 radical (unpaired) electrons. The first-order valence-corrected chi connectivity index (χ1v) is 6.47. The number of benzene rings is 1. The van der Waals surface area contributed by atoms with Crippen LogP contribution in [-0.2, 0) is 5.88 Å². The molecule has 4 heteroatoms. The van der Waals surface area contributed by atoms with Crippen molar-refractivity contribution in [3.8, 4) is 11.6 Å². The molecule has 0 aliphatic rings. The van der Waals surface area contributed by atoms with Crippen LogP contribution in [0.2, 0.25) is 5.02 Å². The van der Waals surface area contributed by atoms with Crippen LogP contribution in [-0.4, -0.2) is 4.98 Å². The molecule has 2 nitrogen and oxygen atoms in total. The zero-order valence-electron chi connectivity index (χ0n) is 10.2. The molecule has 0 unspecified atom stereocenters. The summed E-state index contributed by atoms with van der Waals surface area (Å²) in [7, 11) is 0. The van der Waals surface area contributed by atoms with Crippen molar-refractivity contribution in [3.05, 3.63) is 52.2 Å². The summed E-state index contributed by atoms with van der Waals surface area (Å²) in [6.45, 7) is 4.03. The zero-order chi connectivity index (χ0) is 13.1. The van der Waals surface area contributed by atoms with Crippen molar-refractivity contribution >= 4 is 23.2 Å². The smallest absolute Gasteiger partial charge is 0.238 e. The lowest BCUT2D eigenvalue weighted by atomic mass is 10.1. The number of alkyl halides is 1. The normalized spacial score (nSPS) is 10.4. The minimum atomic E-state index is 0.385. The average molecular weight is 282 g/mol. The van der Waals surface area contributed by atoms with Crippen molar-refractivity contribution < 1.29 is 4.74 Å². The summed E-state index contributed by atoms with van der Waals surface area (Å²) < 4.78 is 5.71. The molecule has 18 heavy (non-hydrogen) atoms. The number of ether oxygens (including phenoxy) is 1. The number of aromatic nitrogens is 1. The van der Waals surface area contributed by atoms with Crippen molar-refractivity contribution in [2.75, 3.05) is 0 Å². The van der Waals surface area contributed by atoms with Crippen molar-refractivity contribution in [1.29, 1.82) is 0 Å². The van der Waals surface area contributed by atoms with Gasteiger partial charge in [-0.2, -0.15) is 0 Å². The second kappa shape index (κ2) is 5.59. The van der Waals surface area contributed by atoms with E-state index in [1.807, 2.05) is 26.0 Å². The Morgan fingerprint density at radius 3 is 2.61 bits per heavy atom. The predicted molar refractivity (Wildman–Crippen MR) is 74.8 cm³/mol. The van der Waals surface area contributed by atoms with Crippen LogP contribution >= 0.6 is 23.2 Å². The molecule has 94 valence electrons. The highest BCUT2D eigenvalue weighted by Gasteiger charge is 2.08. The van der Waals surface area contributed by atoms with Crippen LogP contribution in [0.1, 0.15) is 16.7 Å². The van der Waals surface area contributed by atoms with Crippen LogP contribution in [0.25, 0.3) is 0 Å². The maximum absolute atomic E-state index is 6.10. The van der Waals surface area contributed by atoms with Gasteiger partial charge in [0.1, 0.15) is 10.8 Å². The number of rotatable bonds is 3. The van der Waals surface area contributed by atoms with Gasteiger partial charge in [0.2, 0.25) is 5.88 Å². The Kier molecular flexibility index (Phi) is 4.10. The number of hydrogen-bond acceptors (Lipinski definition) is 2. The van der Waals surface area contributed by atoms with E-state index in [0.717, 1.165) is 16.9 Å². The molecule has 0 spiro atoms. The first kappa shape index (κ1) is 13.2. The predicted octanol–water partition coefficient (Wildman–Crippen LogP) is 4.88. The quantitative estimate of drug-likeness (QED) is 0.748. The molecule has 2 rings (SSSR count). The molecule has 0 saturated carbocycles. The van der Waals surface area contributed by atoms with Crippen LogP contribution in [0.5, 0.6) is 11.6 Å². The molecular weight excluding hydrogens is 269 g/mol. The summed E-state index contributed by atoms with van der Waals surface area (Å²) >= 11 is 11.8. The molecular formula is C14H13Cl2NO. The third-order valence-electron chi connectivity index (χ3n) is 2.56. The first-order chi connectivity index (χ1) is 8.60. The van der Waals surface area contributed by atoms with Crippen molar-refractivity contribution in [1.82, 2.24) is 4.98 Å². The molecule has 0 aliphatic carbocycles. The van der Waals surface area contributed by atoms with Gasteiger partial charge in [0.25, 0.3) is 0 Å². The fraction of sp³-hybridized carbons (Fsp3) is 0.214. The molecule has 0 fully saturated rings. The van der Waals surface area contributed by atoms with E-state index in [0.29, 0.717) is 16.8 Å². The second-order valence-corrected chi connectivity index (χ2v) is 4.81. The lowest BCUT2D eigenvalue weighted by molar-refractivity contribution is 0.459. The largest absolute Gasteiger partial charge is 0.437 e. The SMILES string of the molecule is Cc1ccc(Oc2ncc(CCl)cc2Cl)c(C)c1. The topological polar surface area (TPSA) is 22.1 Å². The lowest BCUT2D eigenvalue weighted by Crippen LogP contribution is -1.93. The van der Waals surface area contributed by atoms with Gasteiger partial charge in [-0.25, -0.2) is 4.98 Å². The van der Waals surface area contributed by atoms with E-state index in [1.165, 1.54) is 5.56 Å². The fourth-order valence-electron chi connectivity index (χ4n) is 1.63. The number of nitrogens with zero attached hydrogens (tertiary/aromatic N) is 1. The Balaban J connectivity index is 2.28. The van der Waals surface area contributed by atoms with Crippen LogP contribution in [0, 0.1) is 13.8 Å². The maximum Gasteiger partial charge on any atom is 0.238 e. The standard InChI is InChI=1S/C14H13Cl2NO/c1-9-3-4-13(10(2)5-9)18-14-12(16)6-11(7-15)8-17-14/h3-6,8H,7H2,1-2H3. The Bertz CT molecular complexity index is 570. The molecule has 1 heterocycles. The molecule has 0 amide bonds. The summed E-state index contributed by atoms with van der Waals surface area (Å²) in [5.74, 6) is 1.54. The number of hydrogen-bond donors (Lipinski definition) is 0. The Morgan fingerprint density at radius 2 is 2.00 bits per heavy atom. The van der Waals surface area contributed by atoms with Gasteiger partial charge in [-0.1, -0.05) is 29.3 Å². The Morgan fingerprint density at radius 1 is 1.22 bits per heavy atom. The second-order valence-electron chi connectivity index (χ2n) is 4.14. The monoisotopic (exact) mass is 281 g/mol. The van der Waals surface area contributed by atoms with Gasteiger partial charge in [-0.3, -0.25) is 0 Å². The highest BCUT2D eigenvalue weighted by molar-refractivity contribution is 6.32. The van der Waals surface area contributed by atoms with E-state index in [2.05, 4.69) is 11.1 Å². The van der Waals surface area contributed by atoms with Crippen LogP contribution in [0.3, 0.4) is 0 Å². The minimum Gasteiger partial charge on any atom is -0.437 e. The summed E-state index contributed by atoms with van der Waals surface area (Å²) in [4.78, 5) is 4.17. The van der Waals surface area contributed by atoms with Crippen molar-refractivity contribution in [2.45, 2.75) is 19.7 Å². The van der Waals surface area contributed by atoms with Gasteiger partial charge < -0.3 is 4.74 Å². The van der Waals surface area contributed by atoms with Gasteiger partial charge in [0.05, 0.1) is 0 Å². The molecule has 0 bridgehead atoms. The zero-order valence-corrected chi connectivity index (χ0v) is 11.7. The lowest BCUT2D eigenvalue weighted by Gasteiger charge is -2.10. The van der Waals surface area contributed by atoms with E-state index < -0.39 is 0 Å². The molecule has 0 saturated heterocycles. The number of pyridine rings is 1. The molecule has 1 aromatic carbocycles. The molecule has 2 aromatic rings. The highest BCUT2D eigenvalue weighted by atomic mass is 35.5. The van der Waals surface area contributed by atoms with Crippen molar-refractivity contribution in [3.63, 3.8) is 0 Å². The summed E-state index contributed by atoms with van der Waals surface area (Å²) in [5, 5.41) is 0.466.